The van der Waals surface area contributed by atoms with Gasteiger partial charge in [0.05, 0.1) is 6.10 Å². The summed E-state index contributed by atoms with van der Waals surface area (Å²) in [4.78, 5) is 4.40. The number of allylic oxidation sites excluding steroid dienone is 2. The van der Waals surface area contributed by atoms with E-state index in [-0.39, 0.29) is 6.10 Å². The molecule has 1 heterocycles. The summed E-state index contributed by atoms with van der Waals surface area (Å²) in [5, 5.41) is 14.1. The van der Waals surface area contributed by atoms with E-state index in [1.807, 2.05) is 6.20 Å². The van der Waals surface area contributed by atoms with Crippen molar-refractivity contribution in [1.82, 2.24) is 10.3 Å². The minimum Gasteiger partial charge on any atom is -0.393 e. The number of fused-ring (bicyclic) bond motifs is 5. The summed E-state index contributed by atoms with van der Waals surface area (Å²) in [5.74, 6) is 2.98. The van der Waals surface area contributed by atoms with E-state index in [0.717, 1.165) is 30.6 Å². The van der Waals surface area contributed by atoms with Crippen molar-refractivity contribution in [2.24, 2.45) is 34.5 Å². The molecule has 0 aromatic carbocycles. The molecular weight excluding hydrogens is 344 g/mol. The van der Waals surface area contributed by atoms with Crippen molar-refractivity contribution in [3.05, 3.63) is 36.2 Å². The molecule has 0 radical (unpaired) electrons. The van der Waals surface area contributed by atoms with Crippen molar-refractivity contribution in [3.63, 3.8) is 0 Å². The van der Waals surface area contributed by atoms with Gasteiger partial charge in [-0.05, 0) is 104 Å². The van der Waals surface area contributed by atoms with E-state index >= 15 is 0 Å². The number of pyridine rings is 1. The van der Waals surface area contributed by atoms with Gasteiger partial charge in [-0.3, -0.25) is 4.98 Å². The number of nitrogens with zero attached hydrogens (tertiary/aromatic N) is 1. The molecule has 3 heteroatoms. The lowest BCUT2D eigenvalue weighted by Crippen LogP contribution is -2.60. The Morgan fingerprint density at radius 2 is 1.96 bits per heavy atom. The molecule has 0 spiro atoms. The van der Waals surface area contributed by atoms with Crippen molar-refractivity contribution in [3.8, 4) is 0 Å². The maximum atomic E-state index is 10.4. The largest absolute Gasteiger partial charge is 0.393 e. The number of hydrogen-bond donors (Lipinski definition) is 2. The van der Waals surface area contributed by atoms with Crippen molar-refractivity contribution in [1.29, 1.82) is 0 Å². The van der Waals surface area contributed by atoms with Crippen LogP contribution in [0.1, 0.15) is 64.4 Å². The zero-order valence-electron chi connectivity index (χ0n) is 17.7. The summed E-state index contributed by atoms with van der Waals surface area (Å²) in [5.41, 5.74) is 3.56. The molecule has 1 aromatic heterocycles. The van der Waals surface area contributed by atoms with Gasteiger partial charge in [0.25, 0.3) is 0 Å². The quantitative estimate of drug-likeness (QED) is 0.783. The lowest BCUT2D eigenvalue weighted by atomic mass is 9.43. The average molecular weight is 381 g/mol. The summed E-state index contributed by atoms with van der Waals surface area (Å²) in [6.07, 6.45) is 14.7. The normalized spacial score (nSPS) is 47.6. The Morgan fingerprint density at radius 1 is 1.11 bits per heavy atom. The Kier molecular flexibility index (Phi) is 4.48. The first-order chi connectivity index (χ1) is 13.5. The Balaban J connectivity index is 1.48. The van der Waals surface area contributed by atoms with Crippen LogP contribution in [0.15, 0.2) is 30.6 Å². The van der Waals surface area contributed by atoms with Crippen LogP contribution < -0.4 is 5.32 Å². The minimum atomic E-state index is -0.0929. The summed E-state index contributed by atoms with van der Waals surface area (Å²) >= 11 is 0. The maximum Gasteiger partial charge on any atom is 0.0543 e. The molecule has 1 aromatic rings. The molecule has 0 amide bonds. The van der Waals surface area contributed by atoms with E-state index in [4.69, 9.17) is 0 Å². The standard InChI is InChI=1S/C25H36N2O/c1-24-11-9-21-18(20(24)7-6-19(24)16-5-4-12-27-15-16)14-23(26-3)22-13-17(28)8-10-25(21,22)2/h4-6,12,15,17-18,20-23,26,28H,7-11,13-14H2,1-3H3/t17-,18-,20-,21-,22+,23-,24+,25+/m0/s1. The number of aliphatic hydroxyl groups is 1. The zero-order chi connectivity index (χ0) is 19.5. The first-order valence-corrected chi connectivity index (χ1v) is 11.4. The van der Waals surface area contributed by atoms with Gasteiger partial charge in [0.1, 0.15) is 0 Å². The van der Waals surface area contributed by atoms with Gasteiger partial charge in [0.15, 0.2) is 0 Å². The fourth-order valence-electron chi connectivity index (χ4n) is 8.18. The highest BCUT2D eigenvalue weighted by Crippen LogP contribution is 2.67. The molecule has 3 nitrogen and oxygen atoms in total. The lowest BCUT2D eigenvalue weighted by Gasteiger charge is -2.62. The molecule has 5 rings (SSSR count). The topological polar surface area (TPSA) is 45.2 Å². The van der Waals surface area contributed by atoms with Gasteiger partial charge in [-0.2, -0.15) is 0 Å². The van der Waals surface area contributed by atoms with Gasteiger partial charge in [-0.1, -0.05) is 26.0 Å². The van der Waals surface area contributed by atoms with E-state index in [0.29, 0.717) is 22.8 Å². The van der Waals surface area contributed by atoms with Gasteiger partial charge < -0.3 is 10.4 Å². The van der Waals surface area contributed by atoms with Gasteiger partial charge in [-0.15, -0.1) is 0 Å². The third-order valence-corrected chi connectivity index (χ3v) is 9.61. The molecule has 152 valence electrons. The van der Waals surface area contributed by atoms with Crippen molar-refractivity contribution >= 4 is 5.57 Å². The van der Waals surface area contributed by atoms with Crippen molar-refractivity contribution in [2.45, 2.75) is 70.9 Å². The fourth-order valence-corrected chi connectivity index (χ4v) is 8.18. The smallest absolute Gasteiger partial charge is 0.0543 e. The Morgan fingerprint density at radius 3 is 2.71 bits per heavy atom. The van der Waals surface area contributed by atoms with E-state index in [1.165, 1.54) is 37.7 Å². The van der Waals surface area contributed by atoms with Crippen LogP contribution in [0.2, 0.25) is 0 Å². The van der Waals surface area contributed by atoms with E-state index in [1.54, 1.807) is 5.57 Å². The summed E-state index contributed by atoms with van der Waals surface area (Å²) < 4.78 is 0. The molecule has 0 saturated heterocycles. The molecule has 3 fully saturated rings. The Labute approximate surface area is 170 Å². The Hall–Kier alpha value is -1.19. The molecule has 3 saturated carbocycles. The summed E-state index contributed by atoms with van der Waals surface area (Å²) in [7, 11) is 2.14. The molecule has 4 aliphatic carbocycles. The zero-order valence-corrected chi connectivity index (χ0v) is 17.7. The van der Waals surface area contributed by atoms with Crippen LogP contribution in [0, 0.1) is 34.5 Å². The highest BCUT2D eigenvalue weighted by molar-refractivity contribution is 5.72. The summed E-state index contributed by atoms with van der Waals surface area (Å²) in [6, 6.07) is 4.87. The maximum absolute atomic E-state index is 10.4. The highest BCUT2D eigenvalue weighted by Gasteiger charge is 2.60. The molecule has 0 bridgehead atoms. The molecule has 0 unspecified atom stereocenters. The highest BCUT2D eigenvalue weighted by atomic mass is 16.3. The van der Waals surface area contributed by atoms with Crippen LogP contribution in [0.3, 0.4) is 0 Å². The Bertz CT molecular complexity index is 761. The van der Waals surface area contributed by atoms with Crippen LogP contribution in [-0.4, -0.2) is 29.3 Å². The number of aromatic nitrogens is 1. The third kappa shape index (κ3) is 2.58. The first kappa shape index (κ1) is 18.8. The van der Waals surface area contributed by atoms with E-state index < -0.39 is 0 Å². The predicted octanol–water partition coefficient (Wildman–Crippen LogP) is 4.68. The molecule has 0 aliphatic heterocycles. The predicted molar refractivity (Wildman–Crippen MR) is 114 cm³/mol. The van der Waals surface area contributed by atoms with Crippen molar-refractivity contribution in [2.75, 3.05) is 7.05 Å². The number of rotatable bonds is 2. The molecule has 4 aliphatic rings. The van der Waals surface area contributed by atoms with Gasteiger partial charge in [0, 0.05) is 18.4 Å². The molecule has 8 atom stereocenters. The second kappa shape index (κ2) is 6.67. The average Bonchev–Trinajstić information content (AvgIpc) is 3.06. The van der Waals surface area contributed by atoms with E-state index in [9.17, 15) is 5.11 Å². The van der Waals surface area contributed by atoms with Gasteiger partial charge in [-0.25, -0.2) is 0 Å². The number of hydrogen-bond acceptors (Lipinski definition) is 3. The van der Waals surface area contributed by atoms with Crippen LogP contribution >= 0.6 is 0 Å². The van der Waals surface area contributed by atoms with Crippen LogP contribution in [0.5, 0.6) is 0 Å². The monoisotopic (exact) mass is 380 g/mol. The first-order valence-electron chi connectivity index (χ1n) is 11.4. The minimum absolute atomic E-state index is 0.0929. The molecular formula is C25H36N2O. The van der Waals surface area contributed by atoms with Gasteiger partial charge >= 0.3 is 0 Å². The lowest BCUT2D eigenvalue weighted by molar-refractivity contribution is -0.127. The second-order valence-corrected chi connectivity index (χ2v) is 10.6. The van der Waals surface area contributed by atoms with Crippen molar-refractivity contribution < 1.29 is 5.11 Å². The number of aliphatic hydroxyl groups excluding tert-OH is 1. The SMILES string of the molecule is CN[C@H]1C[C@@H]2[C@H](CC[C@]3(C)C(c4cccnc4)=CC[C@@H]23)[C@@]2(C)CC[C@H](O)C[C@H]12. The fraction of sp³-hybridized carbons (Fsp3) is 0.720. The number of nitrogens with one attached hydrogen (secondary N) is 1. The molecule has 2 N–H and O–H groups in total. The van der Waals surface area contributed by atoms with E-state index in [2.05, 4.69) is 55.6 Å². The van der Waals surface area contributed by atoms with Crippen LogP contribution in [0.4, 0.5) is 0 Å². The second-order valence-electron chi connectivity index (χ2n) is 10.6. The summed E-state index contributed by atoms with van der Waals surface area (Å²) in [6.45, 7) is 5.10. The van der Waals surface area contributed by atoms with Crippen LogP contribution in [-0.2, 0) is 0 Å². The third-order valence-electron chi connectivity index (χ3n) is 9.61. The van der Waals surface area contributed by atoms with Crippen LogP contribution in [0.25, 0.3) is 5.57 Å². The molecule has 28 heavy (non-hydrogen) atoms. The van der Waals surface area contributed by atoms with Gasteiger partial charge in [0.2, 0.25) is 0 Å².